The number of hydrogen-bond acceptors (Lipinski definition) is 5. The third-order valence-corrected chi connectivity index (χ3v) is 3.34. The standard InChI is InChI=1S/C15H21N5/c1-10(13-7-5-4-6-8-13)9-17-14-11(2)15(20-16)19-12(3)18-14/h4-8,10H,9,16H2,1-3H3,(H2,17,18,19,20). The summed E-state index contributed by atoms with van der Waals surface area (Å²) in [5.41, 5.74) is 4.84. The van der Waals surface area contributed by atoms with Crippen LogP contribution in [0.5, 0.6) is 0 Å². The van der Waals surface area contributed by atoms with E-state index in [1.807, 2.05) is 19.9 Å². The van der Waals surface area contributed by atoms with E-state index in [0.717, 1.165) is 17.9 Å². The van der Waals surface area contributed by atoms with Crippen molar-refractivity contribution in [2.45, 2.75) is 26.7 Å². The number of nitrogens with two attached hydrogens (primary N) is 1. The molecule has 0 aliphatic carbocycles. The molecule has 5 heteroatoms. The van der Waals surface area contributed by atoms with E-state index in [-0.39, 0.29) is 0 Å². The number of aryl methyl sites for hydroxylation is 1. The lowest BCUT2D eigenvalue weighted by molar-refractivity contribution is 0.798. The molecule has 1 aromatic carbocycles. The average molecular weight is 271 g/mol. The van der Waals surface area contributed by atoms with E-state index in [4.69, 9.17) is 5.84 Å². The van der Waals surface area contributed by atoms with Crippen LogP contribution in [0.1, 0.15) is 29.8 Å². The molecule has 0 aliphatic heterocycles. The number of nitrogens with one attached hydrogen (secondary N) is 2. The lowest BCUT2D eigenvalue weighted by Gasteiger charge is -2.16. The van der Waals surface area contributed by atoms with Gasteiger partial charge in [0.2, 0.25) is 0 Å². The van der Waals surface area contributed by atoms with Gasteiger partial charge in [-0.15, -0.1) is 0 Å². The van der Waals surface area contributed by atoms with Crippen LogP contribution in [0.4, 0.5) is 11.6 Å². The highest BCUT2D eigenvalue weighted by atomic mass is 15.3. The third-order valence-electron chi connectivity index (χ3n) is 3.34. The van der Waals surface area contributed by atoms with Crippen LogP contribution in [0.2, 0.25) is 0 Å². The molecule has 0 saturated heterocycles. The van der Waals surface area contributed by atoms with Gasteiger partial charge < -0.3 is 10.7 Å². The number of rotatable bonds is 5. The molecule has 0 saturated carbocycles. The molecule has 2 rings (SSSR count). The van der Waals surface area contributed by atoms with Gasteiger partial charge in [-0.2, -0.15) is 0 Å². The van der Waals surface area contributed by atoms with Gasteiger partial charge in [-0.05, 0) is 25.3 Å². The van der Waals surface area contributed by atoms with Gasteiger partial charge in [-0.25, -0.2) is 15.8 Å². The van der Waals surface area contributed by atoms with Crippen LogP contribution in [0.25, 0.3) is 0 Å². The summed E-state index contributed by atoms with van der Waals surface area (Å²) in [5, 5.41) is 3.38. The smallest absolute Gasteiger partial charge is 0.148 e. The molecule has 106 valence electrons. The Morgan fingerprint density at radius 3 is 2.40 bits per heavy atom. The lowest BCUT2D eigenvalue weighted by Crippen LogP contribution is -2.16. The molecule has 2 aromatic rings. The molecule has 1 heterocycles. The molecule has 0 radical (unpaired) electrons. The summed E-state index contributed by atoms with van der Waals surface area (Å²) < 4.78 is 0. The number of benzene rings is 1. The second-order valence-electron chi connectivity index (χ2n) is 4.93. The minimum absolute atomic E-state index is 0.403. The zero-order chi connectivity index (χ0) is 14.5. The largest absolute Gasteiger partial charge is 0.369 e. The van der Waals surface area contributed by atoms with Crippen LogP contribution < -0.4 is 16.6 Å². The van der Waals surface area contributed by atoms with Crippen molar-refractivity contribution in [2.24, 2.45) is 5.84 Å². The zero-order valence-corrected chi connectivity index (χ0v) is 12.1. The van der Waals surface area contributed by atoms with Crippen molar-refractivity contribution in [3.63, 3.8) is 0 Å². The highest BCUT2D eigenvalue weighted by molar-refractivity contribution is 5.56. The van der Waals surface area contributed by atoms with Crippen molar-refractivity contribution < 1.29 is 0 Å². The number of aromatic nitrogens is 2. The molecule has 20 heavy (non-hydrogen) atoms. The minimum atomic E-state index is 0.403. The summed E-state index contributed by atoms with van der Waals surface area (Å²) in [6, 6.07) is 10.4. The van der Waals surface area contributed by atoms with Crippen molar-refractivity contribution >= 4 is 11.6 Å². The summed E-state index contributed by atoms with van der Waals surface area (Å²) in [6.07, 6.45) is 0. The van der Waals surface area contributed by atoms with E-state index in [2.05, 4.69) is 51.9 Å². The van der Waals surface area contributed by atoms with Crippen LogP contribution in [-0.2, 0) is 0 Å². The fourth-order valence-corrected chi connectivity index (χ4v) is 2.09. The van der Waals surface area contributed by atoms with Gasteiger partial charge in [0.05, 0.1) is 0 Å². The first-order valence-electron chi connectivity index (χ1n) is 6.72. The fourth-order valence-electron chi connectivity index (χ4n) is 2.09. The molecule has 0 aliphatic rings. The maximum absolute atomic E-state index is 5.47. The quantitative estimate of drug-likeness (QED) is 0.575. The van der Waals surface area contributed by atoms with Crippen LogP contribution in [-0.4, -0.2) is 16.5 Å². The monoisotopic (exact) mass is 271 g/mol. The van der Waals surface area contributed by atoms with Gasteiger partial charge in [0.1, 0.15) is 17.5 Å². The summed E-state index contributed by atoms with van der Waals surface area (Å²) >= 11 is 0. The topological polar surface area (TPSA) is 75.9 Å². The van der Waals surface area contributed by atoms with Crippen LogP contribution in [0.3, 0.4) is 0 Å². The predicted molar refractivity (Wildman–Crippen MR) is 82.7 cm³/mol. The first-order chi connectivity index (χ1) is 9.61. The second-order valence-corrected chi connectivity index (χ2v) is 4.93. The zero-order valence-electron chi connectivity index (χ0n) is 12.1. The van der Waals surface area contributed by atoms with E-state index in [1.165, 1.54) is 5.56 Å². The third kappa shape index (κ3) is 3.24. The van der Waals surface area contributed by atoms with E-state index in [0.29, 0.717) is 17.6 Å². The van der Waals surface area contributed by atoms with Gasteiger partial charge in [0.25, 0.3) is 0 Å². The Labute approximate surface area is 119 Å². The number of anilines is 2. The molecule has 0 fully saturated rings. The number of hydrazine groups is 1. The van der Waals surface area contributed by atoms with Gasteiger partial charge in [-0.1, -0.05) is 37.3 Å². The first-order valence-corrected chi connectivity index (χ1v) is 6.72. The molecule has 0 spiro atoms. The lowest BCUT2D eigenvalue weighted by atomic mass is 10.0. The molecule has 1 unspecified atom stereocenters. The Morgan fingerprint density at radius 2 is 1.75 bits per heavy atom. The normalized spacial score (nSPS) is 12.0. The summed E-state index contributed by atoms with van der Waals surface area (Å²) in [7, 11) is 0. The van der Waals surface area contributed by atoms with Crippen molar-refractivity contribution in [1.29, 1.82) is 0 Å². The first kappa shape index (κ1) is 14.3. The van der Waals surface area contributed by atoms with Crippen molar-refractivity contribution in [3.8, 4) is 0 Å². The van der Waals surface area contributed by atoms with Crippen LogP contribution in [0.15, 0.2) is 30.3 Å². The van der Waals surface area contributed by atoms with Crippen molar-refractivity contribution in [2.75, 3.05) is 17.3 Å². The molecule has 5 nitrogen and oxygen atoms in total. The number of nitrogens with zero attached hydrogens (tertiary/aromatic N) is 2. The Bertz CT molecular complexity index is 568. The van der Waals surface area contributed by atoms with Gasteiger partial charge in [-0.3, -0.25) is 0 Å². The molecule has 1 aromatic heterocycles. The van der Waals surface area contributed by atoms with Crippen LogP contribution in [0, 0.1) is 13.8 Å². The molecular weight excluding hydrogens is 250 g/mol. The molecule has 0 bridgehead atoms. The molecule has 4 N–H and O–H groups in total. The van der Waals surface area contributed by atoms with Crippen LogP contribution >= 0.6 is 0 Å². The maximum atomic E-state index is 5.47. The molecular formula is C15H21N5. The van der Waals surface area contributed by atoms with E-state index >= 15 is 0 Å². The Morgan fingerprint density at radius 1 is 1.10 bits per heavy atom. The summed E-state index contributed by atoms with van der Waals surface area (Å²) in [4.78, 5) is 8.68. The minimum Gasteiger partial charge on any atom is -0.369 e. The Hall–Kier alpha value is -2.14. The van der Waals surface area contributed by atoms with Gasteiger partial charge in [0, 0.05) is 12.1 Å². The number of nitrogen functional groups attached to an aromatic ring is 1. The molecule has 0 amide bonds. The van der Waals surface area contributed by atoms with Gasteiger partial charge >= 0.3 is 0 Å². The highest BCUT2D eigenvalue weighted by Crippen LogP contribution is 2.21. The predicted octanol–water partition coefficient (Wildman–Crippen LogP) is 2.59. The Kier molecular flexibility index (Phi) is 4.53. The molecule has 1 atom stereocenters. The summed E-state index contributed by atoms with van der Waals surface area (Å²) in [6.45, 7) is 6.80. The SMILES string of the molecule is Cc1nc(NN)c(C)c(NCC(C)c2ccccc2)n1. The van der Waals surface area contributed by atoms with Crippen molar-refractivity contribution in [1.82, 2.24) is 9.97 Å². The number of hydrogen-bond donors (Lipinski definition) is 3. The van der Waals surface area contributed by atoms with Crippen molar-refractivity contribution in [3.05, 3.63) is 47.3 Å². The average Bonchev–Trinajstić information content (AvgIpc) is 2.48. The Balaban J connectivity index is 2.09. The fraction of sp³-hybridized carbons (Fsp3) is 0.333. The second kappa shape index (κ2) is 6.34. The van der Waals surface area contributed by atoms with Gasteiger partial charge in [0.15, 0.2) is 0 Å². The summed E-state index contributed by atoms with van der Waals surface area (Å²) in [5.74, 6) is 8.05. The van der Waals surface area contributed by atoms with E-state index in [1.54, 1.807) is 0 Å². The highest BCUT2D eigenvalue weighted by Gasteiger charge is 2.10. The van der Waals surface area contributed by atoms with E-state index < -0.39 is 0 Å². The maximum Gasteiger partial charge on any atom is 0.148 e. The van der Waals surface area contributed by atoms with E-state index in [9.17, 15) is 0 Å².